The molecule has 6 nitrogen and oxygen atoms in total. The summed E-state index contributed by atoms with van der Waals surface area (Å²) in [6.45, 7) is 1.37. The van der Waals surface area contributed by atoms with Crippen molar-refractivity contribution in [2.45, 2.75) is 0 Å². The van der Waals surface area contributed by atoms with Gasteiger partial charge in [-0.3, -0.25) is 14.9 Å². The molecule has 0 N–H and O–H groups in total. The fourth-order valence-corrected chi connectivity index (χ4v) is 3.10. The van der Waals surface area contributed by atoms with E-state index in [0.717, 1.165) is 12.1 Å². The normalized spacial score (nSPS) is 14.4. The summed E-state index contributed by atoms with van der Waals surface area (Å²) in [5.41, 5.74) is 0.150. The molecule has 1 saturated heterocycles. The lowest BCUT2D eigenvalue weighted by Gasteiger charge is -2.36. The zero-order chi connectivity index (χ0) is 18.8. The number of rotatable bonds is 3. The number of non-ortho nitro benzene ring substituents is 1. The molecule has 0 atom stereocenters. The standard InChI is InChI=1S/C17H14ClF2N3O3/c18-14-9-11(19)1-3-13(14)17(24)22-7-5-21(6-8-22)16-4-2-12(23(25)26)10-15(16)20/h1-4,9-10H,5-8H2. The molecule has 0 aromatic heterocycles. The third-order valence-electron chi connectivity index (χ3n) is 4.21. The van der Waals surface area contributed by atoms with E-state index in [0.29, 0.717) is 26.2 Å². The molecule has 0 spiro atoms. The number of halogens is 3. The fourth-order valence-electron chi connectivity index (χ4n) is 2.85. The zero-order valence-corrected chi connectivity index (χ0v) is 14.2. The van der Waals surface area contributed by atoms with Gasteiger partial charge in [0.2, 0.25) is 0 Å². The Morgan fingerprint density at radius 3 is 2.35 bits per heavy atom. The molecule has 9 heteroatoms. The van der Waals surface area contributed by atoms with Gasteiger partial charge >= 0.3 is 0 Å². The van der Waals surface area contributed by atoms with Gasteiger partial charge in [-0.25, -0.2) is 8.78 Å². The summed E-state index contributed by atoms with van der Waals surface area (Å²) in [5, 5.41) is 10.7. The van der Waals surface area contributed by atoms with Crippen molar-refractivity contribution in [2.24, 2.45) is 0 Å². The number of nitro benzene ring substituents is 1. The number of hydrogen-bond acceptors (Lipinski definition) is 4. The van der Waals surface area contributed by atoms with Crippen LogP contribution in [0.1, 0.15) is 10.4 Å². The van der Waals surface area contributed by atoms with Gasteiger partial charge < -0.3 is 9.80 Å². The van der Waals surface area contributed by atoms with E-state index in [4.69, 9.17) is 11.6 Å². The molecule has 1 heterocycles. The summed E-state index contributed by atoms with van der Waals surface area (Å²) in [6.07, 6.45) is 0. The first-order valence-electron chi connectivity index (χ1n) is 7.80. The van der Waals surface area contributed by atoms with Crippen molar-refractivity contribution in [3.8, 4) is 0 Å². The maximum atomic E-state index is 14.1. The minimum Gasteiger partial charge on any atom is -0.366 e. The molecule has 1 fully saturated rings. The summed E-state index contributed by atoms with van der Waals surface area (Å²) < 4.78 is 27.2. The second kappa shape index (κ2) is 7.25. The quantitative estimate of drug-likeness (QED) is 0.603. The highest BCUT2D eigenvalue weighted by molar-refractivity contribution is 6.33. The number of piperazine rings is 1. The number of carbonyl (C=O) groups is 1. The minimum atomic E-state index is -0.680. The highest BCUT2D eigenvalue weighted by atomic mass is 35.5. The van der Waals surface area contributed by atoms with Crippen molar-refractivity contribution >= 4 is 28.9 Å². The van der Waals surface area contributed by atoms with Crippen LogP contribution in [0.5, 0.6) is 0 Å². The molecule has 3 rings (SSSR count). The smallest absolute Gasteiger partial charge is 0.272 e. The minimum absolute atomic E-state index is 0.0406. The summed E-state index contributed by atoms with van der Waals surface area (Å²) >= 11 is 5.93. The molecule has 26 heavy (non-hydrogen) atoms. The molecular weight excluding hydrogens is 368 g/mol. The average molecular weight is 382 g/mol. The van der Waals surface area contributed by atoms with Gasteiger partial charge in [0.1, 0.15) is 5.82 Å². The highest BCUT2D eigenvalue weighted by Gasteiger charge is 2.25. The van der Waals surface area contributed by atoms with Crippen LogP contribution in [0.25, 0.3) is 0 Å². The summed E-state index contributed by atoms with van der Waals surface area (Å²) in [5.74, 6) is -1.52. The number of amides is 1. The number of benzene rings is 2. The van der Waals surface area contributed by atoms with Crippen LogP contribution in [0.2, 0.25) is 5.02 Å². The molecule has 0 bridgehead atoms. The van der Waals surface area contributed by atoms with Crippen LogP contribution in [-0.2, 0) is 0 Å². The molecule has 0 radical (unpaired) electrons. The molecule has 1 aliphatic rings. The van der Waals surface area contributed by atoms with Crippen LogP contribution in [0, 0.1) is 21.7 Å². The summed E-state index contributed by atoms with van der Waals surface area (Å²) in [7, 11) is 0. The van der Waals surface area contributed by atoms with E-state index in [9.17, 15) is 23.7 Å². The Balaban J connectivity index is 1.69. The monoisotopic (exact) mass is 381 g/mol. The van der Waals surface area contributed by atoms with Crippen molar-refractivity contribution < 1.29 is 18.5 Å². The highest BCUT2D eigenvalue weighted by Crippen LogP contribution is 2.26. The van der Waals surface area contributed by atoms with Gasteiger partial charge in [0.05, 0.1) is 27.3 Å². The van der Waals surface area contributed by atoms with Gasteiger partial charge in [0.15, 0.2) is 5.82 Å². The molecular formula is C17H14ClF2N3O3. The number of nitro groups is 1. The van der Waals surface area contributed by atoms with Gasteiger partial charge in [-0.1, -0.05) is 11.6 Å². The maximum absolute atomic E-state index is 14.1. The Hall–Kier alpha value is -2.74. The van der Waals surface area contributed by atoms with Crippen LogP contribution < -0.4 is 4.90 Å². The first-order chi connectivity index (χ1) is 12.4. The second-order valence-electron chi connectivity index (χ2n) is 5.80. The molecule has 0 unspecified atom stereocenters. The first-order valence-corrected chi connectivity index (χ1v) is 8.18. The molecule has 0 saturated carbocycles. The lowest BCUT2D eigenvalue weighted by molar-refractivity contribution is -0.385. The topological polar surface area (TPSA) is 66.7 Å². The molecule has 2 aromatic rings. The average Bonchev–Trinajstić information content (AvgIpc) is 2.61. The largest absolute Gasteiger partial charge is 0.366 e. The van der Waals surface area contributed by atoms with E-state index in [1.165, 1.54) is 24.3 Å². The molecule has 136 valence electrons. The Bertz CT molecular complexity index is 870. The first kappa shape index (κ1) is 18.1. The van der Waals surface area contributed by atoms with Crippen molar-refractivity contribution in [1.82, 2.24) is 4.90 Å². The molecule has 0 aliphatic carbocycles. The van der Waals surface area contributed by atoms with Gasteiger partial charge in [-0.2, -0.15) is 0 Å². The molecule has 1 aliphatic heterocycles. The Labute approximate surface area is 152 Å². The van der Waals surface area contributed by atoms with Gasteiger partial charge in [0.25, 0.3) is 11.6 Å². The second-order valence-corrected chi connectivity index (χ2v) is 6.20. The van der Waals surface area contributed by atoms with Crippen LogP contribution in [0.15, 0.2) is 36.4 Å². The Morgan fingerprint density at radius 2 is 1.77 bits per heavy atom. The van der Waals surface area contributed by atoms with Crippen LogP contribution in [0.3, 0.4) is 0 Å². The van der Waals surface area contributed by atoms with E-state index in [1.54, 1.807) is 9.80 Å². The molecule has 2 aromatic carbocycles. The summed E-state index contributed by atoms with van der Waals surface area (Å²) in [6, 6.07) is 7.07. The van der Waals surface area contributed by atoms with Crippen LogP contribution in [-0.4, -0.2) is 41.9 Å². The Kier molecular flexibility index (Phi) is 5.03. The zero-order valence-electron chi connectivity index (χ0n) is 13.5. The lowest BCUT2D eigenvalue weighted by Crippen LogP contribution is -2.49. The van der Waals surface area contributed by atoms with Crippen molar-refractivity contribution in [3.63, 3.8) is 0 Å². The van der Waals surface area contributed by atoms with Crippen LogP contribution in [0.4, 0.5) is 20.2 Å². The third kappa shape index (κ3) is 3.60. The lowest BCUT2D eigenvalue weighted by atomic mass is 10.1. The summed E-state index contributed by atoms with van der Waals surface area (Å²) in [4.78, 5) is 25.8. The van der Waals surface area contributed by atoms with Gasteiger partial charge in [0, 0.05) is 32.2 Å². The number of nitrogens with zero attached hydrogens (tertiary/aromatic N) is 3. The van der Waals surface area contributed by atoms with Gasteiger partial charge in [-0.05, 0) is 24.3 Å². The molecule has 1 amide bonds. The third-order valence-corrected chi connectivity index (χ3v) is 4.52. The number of carbonyl (C=O) groups excluding carboxylic acids is 1. The predicted molar refractivity (Wildman–Crippen MR) is 92.6 cm³/mol. The maximum Gasteiger partial charge on any atom is 0.272 e. The Morgan fingerprint density at radius 1 is 1.08 bits per heavy atom. The van der Waals surface area contributed by atoms with Crippen molar-refractivity contribution in [3.05, 3.63) is 68.7 Å². The fraction of sp³-hybridized carbons (Fsp3) is 0.235. The van der Waals surface area contributed by atoms with E-state index < -0.39 is 16.6 Å². The number of hydrogen-bond donors (Lipinski definition) is 0. The van der Waals surface area contributed by atoms with E-state index >= 15 is 0 Å². The van der Waals surface area contributed by atoms with Gasteiger partial charge in [-0.15, -0.1) is 0 Å². The van der Waals surface area contributed by atoms with E-state index in [1.807, 2.05) is 0 Å². The number of anilines is 1. The van der Waals surface area contributed by atoms with E-state index in [-0.39, 0.29) is 27.9 Å². The van der Waals surface area contributed by atoms with Crippen molar-refractivity contribution in [2.75, 3.05) is 31.1 Å². The SMILES string of the molecule is O=C(c1ccc(F)cc1Cl)N1CCN(c2ccc([N+](=O)[O-])cc2F)CC1. The van der Waals surface area contributed by atoms with Crippen LogP contribution >= 0.6 is 11.6 Å². The predicted octanol–water partition coefficient (Wildman–Crippen LogP) is 3.49. The van der Waals surface area contributed by atoms with E-state index in [2.05, 4.69) is 0 Å². The van der Waals surface area contributed by atoms with Crippen molar-refractivity contribution in [1.29, 1.82) is 0 Å².